The van der Waals surface area contributed by atoms with Gasteiger partial charge < -0.3 is 10.4 Å². The Kier molecular flexibility index (Phi) is 4.88. The summed E-state index contributed by atoms with van der Waals surface area (Å²) in [6, 6.07) is 5.81. The number of amides is 1. The van der Waals surface area contributed by atoms with Gasteiger partial charge in [0.05, 0.1) is 18.1 Å². The van der Waals surface area contributed by atoms with Crippen LogP contribution < -0.4 is 5.32 Å². The van der Waals surface area contributed by atoms with E-state index in [0.29, 0.717) is 12.0 Å². The van der Waals surface area contributed by atoms with Crippen molar-refractivity contribution >= 4 is 11.9 Å². The molecular formula is C15H18N4O3. The Bertz CT molecular complexity index is 635. The molecule has 1 aromatic heterocycles. The Morgan fingerprint density at radius 1 is 1.27 bits per heavy atom. The van der Waals surface area contributed by atoms with Gasteiger partial charge in [0, 0.05) is 5.56 Å². The molecule has 22 heavy (non-hydrogen) atoms. The van der Waals surface area contributed by atoms with Crippen LogP contribution in [-0.2, 0) is 4.79 Å². The van der Waals surface area contributed by atoms with Crippen LogP contribution >= 0.6 is 0 Å². The molecule has 7 heteroatoms. The lowest BCUT2D eigenvalue weighted by Crippen LogP contribution is -2.41. The smallest absolute Gasteiger partial charge is 0.326 e. The van der Waals surface area contributed by atoms with E-state index in [-0.39, 0.29) is 5.92 Å². The first-order valence-electron chi connectivity index (χ1n) is 6.98. The SMILES string of the molecule is CC(C)CC(NC(=O)c1ccc(-n2ccnn2)cc1)C(=O)O. The Morgan fingerprint density at radius 2 is 1.95 bits per heavy atom. The molecule has 0 radical (unpaired) electrons. The van der Waals surface area contributed by atoms with Crippen LogP contribution in [0.2, 0.25) is 0 Å². The zero-order chi connectivity index (χ0) is 16.1. The van der Waals surface area contributed by atoms with Crippen LogP contribution in [-0.4, -0.2) is 38.0 Å². The third kappa shape index (κ3) is 3.91. The molecule has 1 atom stereocenters. The van der Waals surface area contributed by atoms with E-state index in [0.717, 1.165) is 5.69 Å². The fourth-order valence-electron chi connectivity index (χ4n) is 2.05. The lowest BCUT2D eigenvalue weighted by Gasteiger charge is -2.16. The summed E-state index contributed by atoms with van der Waals surface area (Å²) in [6.07, 6.45) is 3.64. The molecule has 0 aliphatic rings. The normalized spacial score (nSPS) is 12.1. The third-order valence-electron chi connectivity index (χ3n) is 3.13. The Balaban J connectivity index is 2.07. The molecule has 0 saturated carbocycles. The van der Waals surface area contributed by atoms with Gasteiger partial charge in [0.25, 0.3) is 5.91 Å². The quantitative estimate of drug-likeness (QED) is 0.842. The van der Waals surface area contributed by atoms with Crippen molar-refractivity contribution in [3.05, 3.63) is 42.2 Å². The zero-order valence-corrected chi connectivity index (χ0v) is 12.4. The molecular weight excluding hydrogens is 284 g/mol. The highest BCUT2D eigenvalue weighted by Gasteiger charge is 2.21. The third-order valence-corrected chi connectivity index (χ3v) is 3.13. The first kappa shape index (κ1) is 15.7. The van der Waals surface area contributed by atoms with Gasteiger partial charge in [-0.25, -0.2) is 9.48 Å². The molecule has 0 bridgehead atoms. The van der Waals surface area contributed by atoms with E-state index < -0.39 is 17.9 Å². The summed E-state index contributed by atoms with van der Waals surface area (Å²) in [5.41, 5.74) is 1.17. The van der Waals surface area contributed by atoms with Gasteiger partial charge in [-0.15, -0.1) is 5.10 Å². The molecule has 0 aliphatic carbocycles. The standard InChI is InChI=1S/C15H18N4O3/c1-10(2)9-13(15(21)22)17-14(20)11-3-5-12(6-4-11)19-8-7-16-18-19/h3-8,10,13H,9H2,1-2H3,(H,17,20)(H,21,22). The molecule has 7 nitrogen and oxygen atoms in total. The van der Waals surface area contributed by atoms with Crippen molar-refractivity contribution in [3.8, 4) is 5.69 Å². The van der Waals surface area contributed by atoms with Gasteiger partial charge in [0.15, 0.2) is 0 Å². The number of hydrogen-bond donors (Lipinski definition) is 2. The highest BCUT2D eigenvalue weighted by atomic mass is 16.4. The van der Waals surface area contributed by atoms with Gasteiger partial charge in [0.2, 0.25) is 0 Å². The number of carboxylic acids is 1. The Hall–Kier alpha value is -2.70. The van der Waals surface area contributed by atoms with Gasteiger partial charge in [-0.2, -0.15) is 0 Å². The van der Waals surface area contributed by atoms with E-state index in [1.54, 1.807) is 41.3 Å². The minimum Gasteiger partial charge on any atom is -0.480 e. The van der Waals surface area contributed by atoms with Crippen molar-refractivity contribution in [2.24, 2.45) is 5.92 Å². The maximum absolute atomic E-state index is 12.1. The topological polar surface area (TPSA) is 97.1 Å². The lowest BCUT2D eigenvalue weighted by atomic mass is 10.0. The number of nitrogens with one attached hydrogen (secondary N) is 1. The Morgan fingerprint density at radius 3 is 2.45 bits per heavy atom. The second-order valence-corrected chi connectivity index (χ2v) is 5.39. The number of carboxylic acid groups (broad SMARTS) is 1. The van der Waals surface area contributed by atoms with Crippen LogP contribution in [0.15, 0.2) is 36.7 Å². The first-order valence-corrected chi connectivity index (χ1v) is 6.98. The van der Waals surface area contributed by atoms with Crippen molar-refractivity contribution in [2.45, 2.75) is 26.3 Å². The lowest BCUT2D eigenvalue weighted by molar-refractivity contribution is -0.139. The molecule has 2 aromatic rings. The summed E-state index contributed by atoms with van der Waals surface area (Å²) in [5, 5.41) is 19.3. The number of benzene rings is 1. The molecule has 116 valence electrons. The summed E-state index contributed by atoms with van der Waals surface area (Å²) >= 11 is 0. The van der Waals surface area contributed by atoms with Crippen molar-refractivity contribution in [2.75, 3.05) is 0 Å². The van der Waals surface area contributed by atoms with Crippen LogP contribution in [0.5, 0.6) is 0 Å². The largest absolute Gasteiger partial charge is 0.480 e. The first-order chi connectivity index (χ1) is 10.5. The summed E-state index contributed by atoms with van der Waals surface area (Å²) < 4.78 is 1.57. The van der Waals surface area contributed by atoms with Gasteiger partial charge in [-0.05, 0) is 36.6 Å². The summed E-state index contributed by atoms with van der Waals surface area (Å²) in [6.45, 7) is 3.82. The molecule has 0 spiro atoms. The number of carbonyl (C=O) groups excluding carboxylic acids is 1. The summed E-state index contributed by atoms with van der Waals surface area (Å²) in [4.78, 5) is 23.3. The van der Waals surface area contributed by atoms with Crippen LogP contribution in [0.25, 0.3) is 5.69 Å². The molecule has 0 saturated heterocycles. The van der Waals surface area contributed by atoms with Crippen LogP contribution in [0, 0.1) is 5.92 Å². The second kappa shape index (κ2) is 6.84. The van der Waals surface area contributed by atoms with Gasteiger partial charge in [0.1, 0.15) is 6.04 Å². The molecule has 0 aliphatic heterocycles. The minimum absolute atomic E-state index is 0.177. The highest BCUT2D eigenvalue weighted by molar-refractivity contribution is 5.96. The summed E-state index contributed by atoms with van der Waals surface area (Å²) in [5.74, 6) is -1.25. The van der Waals surface area contributed by atoms with E-state index in [9.17, 15) is 9.59 Å². The van der Waals surface area contributed by atoms with E-state index in [1.165, 1.54) is 0 Å². The predicted octanol–water partition coefficient (Wildman–Crippen LogP) is 1.50. The van der Waals surface area contributed by atoms with Crippen molar-refractivity contribution in [3.63, 3.8) is 0 Å². The average molecular weight is 302 g/mol. The summed E-state index contributed by atoms with van der Waals surface area (Å²) in [7, 11) is 0. The number of aliphatic carboxylic acids is 1. The Labute approximate surface area is 128 Å². The fraction of sp³-hybridized carbons (Fsp3) is 0.333. The number of hydrogen-bond acceptors (Lipinski definition) is 4. The van der Waals surface area contributed by atoms with Crippen molar-refractivity contribution in [1.82, 2.24) is 20.3 Å². The van der Waals surface area contributed by atoms with E-state index >= 15 is 0 Å². The molecule has 1 unspecified atom stereocenters. The van der Waals surface area contributed by atoms with Crippen molar-refractivity contribution < 1.29 is 14.7 Å². The molecule has 2 rings (SSSR count). The van der Waals surface area contributed by atoms with E-state index in [4.69, 9.17) is 5.11 Å². The van der Waals surface area contributed by atoms with E-state index in [1.807, 2.05) is 13.8 Å². The van der Waals surface area contributed by atoms with Crippen LogP contribution in [0.3, 0.4) is 0 Å². The molecule has 2 N–H and O–H groups in total. The average Bonchev–Trinajstić information content (AvgIpc) is 3.00. The molecule has 0 fully saturated rings. The number of carbonyl (C=O) groups is 2. The fourth-order valence-corrected chi connectivity index (χ4v) is 2.05. The van der Waals surface area contributed by atoms with Gasteiger partial charge in [-0.3, -0.25) is 4.79 Å². The number of rotatable bonds is 6. The van der Waals surface area contributed by atoms with Crippen LogP contribution in [0.1, 0.15) is 30.6 Å². The van der Waals surface area contributed by atoms with E-state index in [2.05, 4.69) is 15.6 Å². The maximum atomic E-state index is 12.1. The molecule has 1 heterocycles. The predicted molar refractivity (Wildman–Crippen MR) is 79.7 cm³/mol. The monoisotopic (exact) mass is 302 g/mol. The number of aromatic nitrogens is 3. The highest BCUT2D eigenvalue weighted by Crippen LogP contribution is 2.10. The molecule has 1 amide bonds. The van der Waals surface area contributed by atoms with Crippen molar-refractivity contribution in [1.29, 1.82) is 0 Å². The zero-order valence-electron chi connectivity index (χ0n) is 12.4. The van der Waals surface area contributed by atoms with Gasteiger partial charge in [-0.1, -0.05) is 19.1 Å². The number of nitrogens with zero attached hydrogens (tertiary/aromatic N) is 3. The maximum Gasteiger partial charge on any atom is 0.326 e. The van der Waals surface area contributed by atoms with Gasteiger partial charge >= 0.3 is 5.97 Å². The van der Waals surface area contributed by atoms with Crippen LogP contribution in [0.4, 0.5) is 0 Å². The molecule has 1 aromatic carbocycles. The minimum atomic E-state index is -1.03. The second-order valence-electron chi connectivity index (χ2n) is 5.39.